The van der Waals surface area contributed by atoms with E-state index in [0.717, 1.165) is 13.8 Å². The summed E-state index contributed by atoms with van der Waals surface area (Å²) in [6, 6.07) is -2.20. The molecule has 1 rings (SSSR count). The van der Waals surface area contributed by atoms with Crippen molar-refractivity contribution >= 4 is 65.1 Å². The first kappa shape index (κ1) is 54.2. The van der Waals surface area contributed by atoms with E-state index < -0.39 is 159 Å². The number of nitrogens with one attached hydrogen (secondary N) is 9. The lowest BCUT2D eigenvalue weighted by Crippen LogP contribution is -2.61. The molecule has 0 unspecified atom stereocenters. The van der Waals surface area contributed by atoms with Crippen molar-refractivity contribution in [2.24, 2.45) is 5.73 Å². The van der Waals surface area contributed by atoms with E-state index in [1.54, 1.807) is 30.3 Å². The number of nitrogens with two attached hydrogens (primary N) is 1. The van der Waals surface area contributed by atoms with Crippen LogP contribution in [-0.4, -0.2) is 171 Å². The summed E-state index contributed by atoms with van der Waals surface area (Å²) in [5, 5.41) is 67.7. The minimum atomic E-state index is -1.73. The average Bonchev–Trinajstić information content (AvgIpc) is 3.21. The molecule has 350 valence electrons. The normalized spacial score (nSPS) is 15.0. The Kier molecular flexibility index (Phi) is 23.4. The minimum absolute atomic E-state index is 0.171. The van der Waals surface area contributed by atoms with Crippen LogP contribution < -0.4 is 53.6 Å². The highest BCUT2D eigenvalue weighted by molar-refractivity contribution is 5.97. The Bertz CT molecular complexity index is 1800. The van der Waals surface area contributed by atoms with Gasteiger partial charge in [0.1, 0.15) is 42.8 Å². The Hall–Kier alpha value is -6.77. The number of carbonyl (C=O) groups excluding carboxylic acids is 9. The minimum Gasteiger partial charge on any atom is -0.481 e. The summed E-state index contributed by atoms with van der Waals surface area (Å²) < 4.78 is 0. The van der Waals surface area contributed by atoms with E-state index in [-0.39, 0.29) is 6.42 Å². The molecule has 1 aromatic rings. The van der Waals surface area contributed by atoms with Gasteiger partial charge >= 0.3 is 11.9 Å². The first-order valence-electron chi connectivity index (χ1n) is 19.3. The number of carboxylic acid groups (broad SMARTS) is 2. The molecule has 0 aliphatic rings. The van der Waals surface area contributed by atoms with Crippen molar-refractivity contribution in [3.8, 4) is 0 Å². The maximum atomic E-state index is 13.6. The van der Waals surface area contributed by atoms with Crippen molar-refractivity contribution in [2.75, 3.05) is 26.2 Å². The number of aliphatic hydroxyl groups is 3. The van der Waals surface area contributed by atoms with Gasteiger partial charge in [-0.1, -0.05) is 30.3 Å². The number of hydrogen-bond donors (Lipinski definition) is 15. The van der Waals surface area contributed by atoms with E-state index in [4.69, 9.17) is 15.9 Å². The van der Waals surface area contributed by atoms with E-state index in [2.05, 4.69) is 42.5 Å². The van der Waals surface area contributed by atoms with Gasteiger partial charge in [0.25, 0.3) is 0 Å². The molecule has 0 fully saturated rings. The quantitative estimate of drug-likeness (QED) is 0.0390. The van der Waals surface area contributed by atoms with Crippen LogP contribution in [0.25, 0.3) is 0 Å². The third kappa shape index (κ3) is 20.6. The third-order valence-corrected chi connectivity index (χ3v) is 8.60. The third-order valence-electron chi connectivity index (χ3n) is 8.60. The zero-order valence-corrected chi connectivity index (χ0v) is 34.8. The molecule has 0 aliphatic heterocycles. The summed E-state index contributed by atoms with van der Waals surface area (Å²) in [4.78, 5) is 137. The molecule has 9 amide bonds. The van der Waals surface area contributed by atoms with Gasteiger partial charge in [-0.2, -0.15) is 0 Å². The van der Waals surface area contributed by atoms with Crippen LogP contribution in [0.4, 0.5) is 0 Å². The molecule has 63 heavy (non-hydrogen) atoms. The molecule has 0 saturated carbocycles. The fourth-order valence-corrected chi connectivity index (χ4v) is 5.13. The van der Waals surface area contributed by atoms with Gasteiger partial charge in [0.2, 0.25) is 53.2 Å². The molecule has 26 heteroatoms. The number of carbonyl (C=O) groups is 11. The van der Waals surface area contributed by atoms with E-state index in [1.807, 2.05) is 5.32 Å². The van der Waals surface area contributed by atoms with Crippen LogP contribution in [0.15, 0.2) is 30.3 Å². The van der Waals surface area contributed by atoms with Gasteiger partial charge in [-0.15, -0.1) is 0 Å². The second-order valence-electron chi connectivity index (χ2n) is 14.1. The predicted molar refractivity (Wildman–Crippen MR) is 215 cm³/mol. The summed E-state index contributed by atoms with van der Waals surface area (Å²) in [7, 11) is 0. The van der Waals surface area contributed by atoms with Gasteiger partial charge < -0.3 is 79.1 Å². The smallest absolute Gasteiger partial charge is 0.322 e. The highest BCUT2D eigenvalue weighted by atomic mass is 16.4. The Balaban J connectivity index is 3.00. The van der Waals surface area contributed by atoms with Crippen molar-refractivity contribution in [3.63, 3.8) is 0 Å². The molecule has 0 aliphatic carbocycles. The molecule has 26 nitrogen and oxygen atoms in total. The molecule has 0 heterocycles. The van der Waals surface area contributed by atoms with Crippen LogP contribution in [0.3, 0.4) is 0 Å². The number of aliphatic hydroxyl groups excluding tert-OH is 3. The predicted octanol–water partition coefficient (Wildman–Crippen LogP) is -7.44. The standard InChI is InChI=1S/C37H56N10O16/c1-17(38)31(57)45-24(16-48)35(61)44-22(10-11-27(53)54)33(59)40-13-25(51)39-14-26(52)43-23(12-21-8-6-5-7-9-21)34(60)47-30(20(4)50)37(63)42-18(2)32(58)46-29(19(3)49)36(62)41-15-28(55)56/h5-9,17-20,22-24,29-30,48-50H,10-16,38H2,1-4H3,(H,39,51)(H,40,59)(H,41,62)(H,42,63)(H,43,52)(H,44,61)(H,45,57)(H,46,58)(H,47,60)(H,53,54)(H,55,56)/t17-,18-,19+,20+,22-,23-,24-,29-,30-/m0/s1. The summed E-state index contributed by atoms with van der Waals surface area (Å²) in [5.41, 5.74) is 5.98. The van der Waals surface area contributed by atoms with E-state index >= 15 is 0 Å². The van der Waals surface area contributed by atoms with Crippen LogP contribution >= 0.6 is 0 Å². The zero-order valence-electron chi connectivity index (χ0n) is 34.8. The Morgan fingerprint density at radius 3 is 1.60 bits per heavy atom. The van der Waals surface area contributed by atoms with Gasteiger partial charge in [-0.05, 0) is 39.7 Å². The van der Waals surface area contributed by atoms with Crippen molar-refractivity contribution in [1.82, 2.24) is 47.9 Å². The lowest BCUT2D eigenvalue weighted by atomic mass is 10.0. The van der Waals surface area contributed by atoms with Gasteiger partial charge in [0, 0.05) is 12.8 Å². The molecule has 0 radical (unpaired) electrons. The maximum Gasteiger partial charge on any atom is 0.322 e. The molecule has 0 spiro atoms. The Morgan fingerprint density at radius 2 is 1.06 bits per heavy atom. The molecule has 0 saturated heterocycles. The van der Waals surface area contributed by atoms with Gasteiger partial charge in [0.15, 0.2) is 0 Å². The van der Waals surface area contributed by atoms with Crippen molar-refractivity contribution in [3.05, 3.63) is 35.9 Å². The highest BCUT2D eigenvalue weighted by Crippen LogP contribution is 2.06. The fourth-order valence-electron chi connectivity index (χ4n) is 5.13. The van der Waals surface area contributed by atoms with Crippen LogP contribution in [0.2, 0.25) is 0 Å². The molecule has 9 atom stereocenters. The fraction of sp³-hybridized carbons (Fsp3) is 0.541. The number of carboxylic acids is 2. The number of benzene rings is 1. The van der Waals surface area contributed by atoms with Crippen molar-refractivity contribution in [2.45, 2.75) is 101 Å². The lowest BCUT2D eigenvalue weighted by Gasteiger charge is -2.27. The van der Waals surface area contributed by atoms with Crippen LogP contribution in [0, 0.1) is 0 Å². The van der Waals surface area contributed by atoms with Gasteiger partial charge in [-0.25, -0.2) is 0 Å². The molecular weight excluding hydrogens is 840 g/mol. The first-order chi connectivity index (χ1) is 29.5. The summed E-state index contributed by atoms with van der Waals surface area (Å²) >= 11 is 0. The monoisotopic (exact) mass is 896 g/mol. The number of rotatable bonds is 27. The number of hydrogen-bond acceptors (Lipinski definition) is 15. The second kappa shape index (κ2) is 27.2. The van der Waals surface area contributed by atoms with E-state index in [9.17, 15) is 68.1 Å². The summed E-state index contributed by atoms with van der Waals surface area (Å²) in [5.74, 6) is -11.6. The lowest BCUT2D eigenvalue weighted by molar-refractivity contribution is -0.139. The van der Waals surface area contributed by atoms with Crippen LogP contribution in [0.1, 0.15) is 46.1 Å². The molecule has 1 aromatic carbocycles. The van der Waals surface area contributed by atoms with Gasteiger partial charge in [0.05, 0.1) is 37.9 Å². The average molecular weight is 897 g/mol. The topological polar surface area (TPSA) is 423 Å². The maximum absolute atomic E-state index is 13.6. The molecule has 0 aromatic heterocycles. The van der Waals surface area contributed by atoms with Crippen LogP contribution in [0.5, 0.6) is 0 Å². The van der Waals surface area contributed by atoms with E-state index in [0.29, 0.717) is 5.56 Å². The summed E-state index contributed by atoms with van der Waals surface area (Å²) in [6.07, 6.45) is -4.33. The highest BCUT2D eigenvalue weighted by Gasteiger charge is 2.34. The Morgan fingerprint density at radius 1 is 0.540 bits per heavy atom. The SMILES string of the molecule is C[C@H](N)C(=O)N[C@@H](CO)C(=O)N[C@@H](CCC(=O)O)C(=O)NCC(=O)NCC(=O)N[C@@H](Cc1ccccc1)C(=O)N[C@H](C(=O)N[C@@H](C)C(=O)N[C@H](C(=O)NCC(=O)O)[C@@H](C)O)[C@@H](C)O. The first-order valence-corrected chi connectivity index (χ1v) is 19.3. The number of amides is 9. The second-order valence-corrected chi connectivity index (χ2v) is 14.1. The Labute approximate surface area is 360 Å². The molecule has 16 N–H and O–H groups in total. The van der Waals surface area contributed by atoms with E-state index in [1.165, 1.54) is 13.8 Å². The van der Waals surface area contributed by atoms with Gasteiger partial charge in [-0.3, -0.25) is 52.7 Å². The van der Waals surface area contributed by atoms with Crippen molar-refractivity contribution < 1.29 is 78.3 Å². The molecular formula is C37H56N10O16. The van der Waals surface area contributed by atoms with Crippen molar-refractivity contribution in [1.29, 1.82) is 0 Å². The largest absolute Gasteiger partial charge is 0.481 e. The molecule has 0 bridgehead atoms. The summed E-state index contributed by atoms with van der Waals surface area (Å²) in [6.45, 7) is 1.51. The van der Waals surface area contributed by atoms with Crippen LogP contribution in [-0.2, 0) is 59.2 Å². The zero-order chi connectivity index (χ0) is 48.0. The number of aliphatic carboxylic acids is 2.